The van der Waals surface area contributed by atoms with Gasteiger partial charge in [0.15, 0.2) is 6.10 Å². The normalized spacial score (nSPS) is 15.1. The molecule has 0 spiro atoms. The maximum Gasteiger partial charge on any atom is 0.335 e. The van der Waals surface area contributed by atoms with Gasteiger partial charge in [-0.3, -0.25) is 9.78 Å². The summed E-state index contributed by atoms with van der Waals surface area (Å²) in [6.45, 7) is 1.94. The SMILES string of the molecule is CC1Oc2ccc(-c3csc(-c4ccccn4)n3)cc2N(Cc2cccc(C(=O)O)c2)C1=O. The van der Waals surface area contributed by atoms with Crippen molar-refractivity contribution in [2.75, 3.05) is 4.90 Å². The van der Waals surface area contributed by atoms with E-state index in [9.17, 15) is 14.7 Å². The zero-order chi connectivity index (χ0) is 22.9. The summed E-state index contributed by atoms with van der Waals surface area (Å²) in [5, 5.41) is 12.1. The average Bonchev–Trinajstić information content (AvgIpc) is 3.33. The van der Waals surface area contributed by atoms with Crippen molar-refractivity contribution in [2.24, 2.45) is 0 Å². The Kier molecular flexibility index (Phi) is 5.35. The van der Waals surface area contributed by atoms with Gasteiger partial charge in [0.05, 0.1) is 29.2 Å². The van der Waals surface area contributed by atoms with Crippen molar-refractivity contribution in [1.82, 2.24) is 9.97 Å². The molecule has 1 atom stereocenters. The molecule has 33 heavy (non-hydrogen) atoms. The minimum atomic E-state index is -1.01. The van der Waals surface area contributed by atoms with Crippen LogP contribution in [-0.4, -0.2) is 33.1 Å². The highest BCUT2D eigenvalue weighted by atomic mass is 32.1. The molecule has 1 aliphatic heterocycles. The predicted octanol–water partition coefficient (Wildman–Crippen LogP) is 4.88. The molecular formula is C25H19N3O4S. The van der Waals surface area contributed by atoms with Crippen LogP contribution in [0.5, 0.6) is 5.75 Å². The van der Waals surface area contributed by atoms with E-state index in [1.807, 2.05) is 47.8 Å². The minimum absolute atomic E-state index is 0.180. The molecule has 1 N–H and O–H groups in total. The van der Waals surface area contributed by atoms with Gasteiger partial charge in [-0.25, -0.2) is 9.78 Å². The summed E-state index contributed by atoms with van der Waals surface area (Å²) in [6.07, 6.45) is 1.09. The van der Waals surface area contributed by atoms with E-state index in [1.54, 1.807) is 30.2 Å². The average molecular weight is 458 g/mol. The predicted molar refractivity (Wildman–Crippen MR) is 125 cm³/mol. The third-order valence-electron chi connectivity index (χ3n) is 5.37. The van der Waals surface area contributed by atoms with E-state index in [1.165, 1.54) is 17.4 Å². The Morgan fingerprint density at radius 1 is 1.12 bits per heavy atom. The number of hydrogen-bond donors (Lipinski definition) is 1. The number of rotatable bonds is 5. The molecule has 3 heterocycles. The fraction of sp³-hybridized carbons (Fsp3) is 0.120. The first-order valence-corrected chi connectivity index (χ1v) is 11.2. The van der Waals surface area contributed by atoms with Crippen LogP contribution in [-0.2, 0) is 11.3 Å². The van der Waals surface area contributed by atoms with Crippen molar-refractivity contribution in [2.45, 2.75) is 19.6 Å². The first kappa shape index (κ1) is 20.8. The second-order valence-corrected chi connectivity index (χ2v) is 8.48. The van der Waals surface area contributed by atoms with E-state index in [2.05, 4.69) is 4.98 Å². The number of ether oxygens (including phenoxy) is 1. The molecule has 0 saturated carbocycles. The molecule has 0 radical (unpaired) electrons. The van der Waals surface area contributed by atoms with Gasteiger partial charge in [0, 0.05) is 17.1 Å². The van der Waals surface area contributed by atoms with Gasteiger partial charge >= 0.3 is 5.97 Å². The van der Waals surface area contributed by atoms with Crippen LogP contribution >= 0.6 is 11.3 Å². The zero-order valence-electron chi connectivity index (χ0n) is 17.6. The molecule has 7 nitrogen and oxygen atoms in total. The molecule has 1 amide bonds. The van der Waals surface area contributed by atoms with Crippen LogP contribution in [0.25, 0.3) is 22.0 Å². The Morgan fingerprint density at radius 2 is 2.00 bits per heavy atom. The number of carboxylic acids is 1. The lowest BCUT2D eigenvalue weighted by molar-refractivity contribution is -0.125. The highest BCUT2D eigenvalue weighted by Gasteiger charge is 2.32. The van der Waals surface area contributed by atoms with Crippen LogP contribution in [0.15, 0.2) is 72.2 Å². The van der Waals surface area contributed by atoms with Gasteiger partial charge in [-0.2, -0.15) is 0 Å². The van der Waals surface area contributed by atoms with Gasteiger partial charge in [0.1, 0.15) is 10.8 Å². The molecule has 8 heteroatoms. The first-order chi connectivity index (χ1) is 16.0. The topological polar surface area (TPSA) is 92.6 Å². The molecule has 0 bridgehead atoms. The van der Waals surface area contributed by atoms with Crippen LogP contribution < -0.4 is 9.64 Å². The van der Waals surface area contributed by atoms with Crippen LogP contribution in [0, 0.1) is 0 Å². The third kappa shape index (κ3) is 4.08. The van der Waals surface area contributed by atoms with Gasteiger partial charge in [-0.05, 0) is 55.0 Å². The van der Waals surface area contributed by atoms with Crippen molar-refractivity contribution < 1.29 is 19.4 Å². The van der Waals surface area contributed by atoms with Crippen LogP contribution in [0.1, 0.15) is 22.8 Å². The molecule has 164 valence electrons. The van der Waals surface area contributed by atoms with E-state index in [-0.39, 0.29) is 18.0 Å². The van der Waals surface area contributed by atoms with Crippen molar-refractivity contribution in [3.8, 4) is 27.7 Å². The quantitative estimate of drug-likeness (QED) is 0.459. The molecule has 1 unspecified atom stereocenters. The Morgan fingerprint density at radius 3 is 2.79 bits per heavy atom. The molecule has 0 aliphatic carbocycles. The molecule has 2 aromatic carbocycles. The van der Waals surface area contributed by atoms with Crippen LogP contribution in [0.4, 0.5) is 5.69 Å². The van der Waals surface area contributed by atoms with E-state index >= 15 is 0 Å². The number of carbonyl (C=O) groups is 2. The van der Waals surface area contributed by atoms with Crippen molar-refractivity contribution in [1.29, 1.82) is 0 Å². The van der Waals surface area contributed by atoms with Crippen molar-refractivity contribution in [3.05, 3.63) is 83.4 Å². The standard InChI is InChI=1S/C25H19N3O4S/c1-15-24(29)28(13-16-5-4-6-18(11-16)25(30)31)21-12-17(8-9-22(21)32-15)20-14-33-23(27-20)19-7-2-3-10-26-19/h2-12,14-15H,13H2,1H3,(H,30,31). The van der Waals surface area contributed by atoms with E-state index < -0.39 is 12.1 Å². The minimum Gasteiger partial charge on any atom is -0.479 e. The lowest BCUT2D eigenvalue weighted by Crippen LogP contribution is -2.44. The molecule has 1 aliphatic rings. The highest BCUT2D eigenvalue weighted by molar-refractivity contribution is 7.13. The zero-order valence-corrected chi connectivity index (χ0v) is 18.5. The Hall–Kier alpha value is -4.04. The van der Waals surface area contributed by atoms with Crippen LogP contribution in [0.2, 0.25) is 0 Å². The van der Waals surface area contributed by atoms with E-state index in [4.69, 9.17) is 9.72 Å². The summed E-state index contributed by atoms with van der Waals surface area (Å²) < 4.78 is 5.83. The second kappa shape index (κ2) is 8.48. The number of carboxylic acid groups (broad SMARTS) is 1. The number of hydrogen-bond acceptors (Lipinski definition) is 6. The van der Waals surface area contributed by atoms with Gasteiger partial charge in [-0.15, -0.1) is 11.3 Å². The number of nitrogens with zero attached hydrogens (tertiary/aromatic N) is 3. The number of pyridine rings is 1. The van der Waals surface area contributed by atoms with Gasteiger partial charge in [0.2, 0.25) is 0 Å². The number of thiazole rings is 1. The Balaban J connectivity index is 1.51. The monoisotopic (exact) mass is 457 g/mol. The lowest BCUT2D eigenvalue weighted by atomic mass is 10.1. The molecule has 5 rings (SSSR count). The fourth-order valence-electron chi connectivity index (χ4n) is 3.73. The van der Waals surface area contributed by atoms with Crippen molar-refractivity contribution >= 4 is 28.9 Å². The summed E-state index contributed by atoms with van der Waals surface area (Å²) >= 11 is 1.50. The first-order valence-electron chi connectivity index (χ1n) is 10.3. The number of aromatic carboxylic acids is 1. The number of aromatic nitrogens is 2. The van der Waals surface area contributed by atoms with E-state index in [0.29, 0.717) is 11.4 Å². The largest absolute Gasteiger partial charge is 0.479 e. The molecule has 0 fully saturated rings. The van der Waals surface area contributed by atoms with Crippen molar-refractivity contribution in [3.63, 3.8) is 0 Å². The fourth-order valence-corrected chi connectivity index (χ4v) is 4.53. The number of fused-ring (bicyclic) bond motifs is 1. The summed E-state index contributed by atoms with van der Waals surface area (Å²) in [5.41, 5.74) is 3.96. The molecule has 2 aromatic heterocycles. The Bertz CT molecular complexity index is 1350. The summed E-state index contributed by atoms with van der Waals surface area (Å²) in [5.74, 6) is -0.596. The van der Waals surface area contributed by atoms with Gasteiger partial charge < -0.3 is 14.7 Å². The second-order valence-electron chi connectivity index (χ2n) is 7.63. The lowest BCUT2D eigenvalue weighted by Gasteiger charge is -2.33. The number of benzene rings is 2. The third-order valence-corrected chi connectivity index (χ3v) is 6.23. The maximum atomic E-state index is 13.0. The summed E-state index contributed by atoms with van der Waals surface area (Å²) in [4.78, 5) is 35.1. The molecule has 4 aromatic rings. The molecular weight excluding hydrogens is 438 g/mol. The highest BCUT2D eigenvalue weighted by Crippen LogP contribution is 2.39. The number of carbonyl (C=O) groups excluding carboxylic acids is 1. The summed E-state index contributed by atoms with van der Waals surface area (Å²) in [6, 6.07) is 17.9. The number of amides is 1. The van der Waals surface area contributed by atoms with Crippen LogP contribution in [0.3, 0.4) is 0 Å². The number of anilines is 1. The smallest absolute Gasteiger partial charge is 0.335 e. The summed E-state index contributed by atoms with van der Waals surface area (Å²) in [7, 11) is 0. The maximum absolute atomic E-state index is 13.0. The van der Waals surface area contributed by atoms with E-state index in [0.717, 1.165) is 27.5 Å². The Labute approximate surface area is 193 Å². The molecule has 0 saturated heterocycles. The van der Waals surface area contributed by atoms with Gasteiger partial charge in [0.25, 0.3) is 5.91 Å². The van der Waals surface area contributed by atoms with Gasteiger partial charge in [-0.1, -0.05) is 18.2 Å².